The normalized spacial score (nSPS) is 27.6. The third-order valence-electron chi connectivity index (χ3n) is 4.19. The molecule has 1 heterocycles. The standard InChI is InChI=1S/C13H18BNO2/c16-14(17)12-4-1-10(2-5-12)8-15-9-11-3-6-13(15)7-11/h1-2,4-5,11,13,16-17H,3,6-9H2. The van der Waals surface area contributed by atoms with Gasteiger partial charge >= 0.3 is 7.12 Å². The maximum absolute atomic E-state index is 9.03. The molecule has 2 bridgehead atoms. The van der Waals surface area contributed by atoms with Crippen LogP contribution in [0.5, 0.6) is 0 Å². The molecule has 1 saturated carbocycles. The Morgan fingerprint density at radius 2 is 1.94 bits per heavy atom. The fraction of sp³-hybridized carbons (Fsp3) is 0.538. The van der Waals surface area contributed by atoms with Crippen molar-refractivity contribution in [2.45, 2.75) is 31.8 Å². The number of rotatable bonds is 3. The molecule has 2 atom stereocenters. The molecule has 90 valence electrons. The molecule has 0 amide bonds. The number of likely N-dealkylation sites (tertiary alicyclic amines) is 1. The summed E-state index contributed by atoms with van der Waals surface area (Å²) < 4.78 is 0. The van der Waals surface area contributed by atoms with E-state index < -0.39 is 7.12 Å². The van der Waals surface area contributed by atoms with Crippen LogP contribution in [0.1, 0.15) is 24.8 Å². The van der Waals surface area contributed by atoms with Crippen molar-refractivity contribution < 1.29 is 10.0 Å². The second-order valence-electron chi connectivity index (χ2n) is 5.38. The molecule has 2 aliphatic rings. The summed E-state index contributed by atoms with van der Waals surface area (Å²) in [5, 5.41) is 18.1. The van der Waals surface area contributed by atoms with E-state index in [0.29, 0.717) is 5.46 Å². The third kappa shape index (κ3) is 2.25. The Morgan fingerprint density at radius 3 is 2.47 bits per heavy atom. The number of fused-ring (bicyclic) bond motifs is 2. The highest BCUT2D eigenvalue weighted by Gasteiger charge is 2.37. The van der Waals surface area contributed by atoms with Crippen molar-refractivity contribution in [2.24, 2.45) is 5.92 Å². The van der Waals surface area contributed by atoms with Crippen LogP contribution in [0.25, 0.3) is 0 Å². The average molecular weight is 231 g/mol. The van der Waals surface area contributed by atoms with Crippen molar-refractivity contribution in [2.75, 3.05) is 6.54 Å². The van der Waals surface area contributed by atoms with Crippen molar-refractivity contribution in [3.8, 4) is 0 Å². The number of nitrogens with zero attached hydrogens (tertiary/aromatic N) is 1. The summed E-state index contributed by atoms with van der Waals surface area (Å²) >= 11 is 0. The van der Waals surface area contributed by atoms with Gasteiger partial charge in [-0.25, -0.2) is 0 Å². The van der Waals surface area contributed by atoms with Crippen LogP contribution < -0.4 is 5.46 Å². The summed E-state index contributed by atoms with van der Waals surface area (Å²) in [5.41, 5.74) is 1.83. The first-order valence-electron chi connectivity index (χ1n) is 6.41. The zero-order valence-corrected chi connectivity index (χ0v) is 9.92. The van der Waals surface area contributed by atoms with E-state index in [1.54, 1.807) is 12.1 Å². The van der Waals surface area contributed by atoms with Gasteiger partial charge in [0.2, 0.25) is 0 Å². The molecule has 2 unspecified atom stereocenters. The highest BCUT2D eigenvalue weighted by atomic mass is 16.4. The summed E-state index contributed by atoms with van der Waals surface area (Å²) in [4.78, 5) is 2.57. The molecule has 0 aromatic heterocycles. The fourth-order valence-corrected chi connectivity index (χ4v) is 3.25. The number of piperidine rings is 1. The first-order chi connectivity index (χ1) is 8.22. The van der Waals surface area contributed by atoms with Crippen LogP contribution in [0.4, 0.5) is 0 Å². The lowest BCUT2D eigenvalue weighted by atomic mass is 9.80. The fourth-order valence-electron chi connectivity index (χ4n) is 3.25. The van der Waals surface area contributed by atoms with Gasteiger partial charge in [-0.1, -0.05) is 24.3 Å². The lowest BCUT2D eigenvalue weighted by molar-refractivity contribution is 0.205. The minimum atomic E-state index is -1.35. The minimum Gasteiger partial charge on any atom is -0.423 e. The van der Waals surface area contributed by atoms with E-state index in [2.05, 4.69) is 4.90 Å². The number of hydrogen-bond donors (Lipinski definition) is 2. The quantitative estimate of drug-likeness (QED) is 0.738. The van der Waals surface area contributed by atoms with Crippen LogP contribution in [0.15, 0.2) is 24.3 Å². The van der Waals surface area contributed by atoms with Crippen LogP contribution >= 0.6 is 0 Å². The predicted molar refractivity (Wildman–Crippen MR) is 67.8 cm³/mol. The van der Waals surface area contributed by atoms with E-state index in [1.165, 1.54) is 31.4 Å². The second kappa shape index (κ2) is 4.44. The van der Waals surface area contributed by atoms with E-state index in [-0.39, 0.29) is 0 Å². The lowest BCUT2D eigenvalue weighted by Crippen LogP contribution is -2.32. The third-order valence-corrected chi connectivity index (χ3v) is 4.19. The first-order valence-corrected chi connectivity index (χ1v) is 6.41. The summed E-state index contributed by atoms with van der Waals surface area (Å²) in [5.74, 6) is 0.929. The molecular formula is C13H18BNO2. The van der Waals surface area contributed by atoms with E-state index in [4.69, 9.17) is 10.0 Å². The largest absolute Gasteiger partial charge is 0.488 e. The minimum absolute atomic E-state index is 0.566. The molecule has 4 heteroatoms. The maximum atomic E-state index is 9.03. The molecular weight excluding hydrogens is 213 g/mol. The Morgan fingerprint density at radius 1 is 1.18 bits per heavy atom. The summed E-state index contributed by atoms with van der Waals surface area (Å²) in [6.07, 6.45) is 4.16. The van der Waals surface area contributed by atoms with Crippen molar-refractivity contribution in [1.29, 1.82) is 0 Å². The van der Waals surface area contributed by atoms with Gasteiger partial charge in [0.25, 0.3) is 0 Å². The molecule has 2 N–H and O–H groups in total. The summed E-state index contributed by atoms with van der Waals surface area (Å²) in [6, 6.07) is 8.40. The Bertz CT molecular complexity index is 393. The van der Waals surface area contributed by atoms with Gasteiger partial charge in [-0.15, -0.1) is 0 Å². The SMILES string of the molecule is OB(O)c1ccc(CN2CC3CCC2C3)cc1. The Hall–Kier alpha value is -0.835. The highest BCUT2D eigenvalue weighted by molar-refractivity contribution is 6.58. The lowest BCUT2D eigenvalue weighted by Gasteiger charge is -2.26. The smallest absolute Gasteiger partial charge is 0.423 e. The van der Waals surface area contributed by atoms with Gasteiger partial charge in [-0.3, -0.25) is 4.90 Å². The van der Waals surface area contributed by atoms with Crippen molar-refractivity contribution in [1.82, 2.24) is 4.90 Å². The zero-order chi connectivity index (χ0) is 11.8. The monoisotopic (exact) mass is 231 g/mol. The van der Waals surface area contributed by atoms with Crippen LogP contribution in [0.2, 0.25) is 0 Å². The van der Waals surface area contributed by atoms with Crippen LogP contribution in [-0.4, -0.2) is 34.7 Å². The molecule has 17 heavy (non-hydrogen) atoms. The molecule has 1 aromatic rings. The molecule has 1 saturated heterocycles. The van der Waals surface area contributed by atoms with Gasteiger partial charge < -0.3 is 10.0 Å². The van der Waals surface area contributed by atoms with Crippen molar-refractivity contribution in [3.63, 3.8) is 0 Å². The maximum Gasteiger partial charge on any atom is 0.488 e. The summed E-state index contributed by atoms with van der Waals surface area (Å²) in [7, 11) is -1.35. The summed E-state index contributed by atoms with van der Waals surface area (Å²) in [6.45, 7) is 2.25. The molecule has 1 aliphatic heterocycles. The van der Waals surface area contributed by atoms with Gasteiger partial charge in [0.05, 0.1) is 0 Å². The van der Waals surface area contributed by atoms with Gasteiger partial charge in [0.15, 0.2) is 0 Å². The molecule has 3 nitrogen and oxygen atoms in total. The number of benzene rings is 1. The van der Waals surface area contributed by atoms with E-state index in [1.807, 2.05) is 12.1 Å². The molecule has 2 fully saturated rings. The topological polar surface area (TPSA) is 43.7 Å². The highest BCUT2D eigenvalue weighted by Crippen LogP contribution is 2.37. The molecule has 3 rings (SSSR count). The average Bonchev–Trinajstić information content (AvgIpc) is 2.91. The van der Waals surface area contributed by atoms with Gasteiger partial charge in [-0.05, 0) is 36.2 Å². The molecule has 1 aromatic carbocycles. The zero-order valence-electron chi connectivity index (χ0n) is 9.92. The van der Waals surface area contributed by atoms with Crippen LogP contribution in [0.3, 0.4) is 0 Å². The van der Waals surface area contributed by atoms with Gasteiger partial charge in [-0.2, -0.15) is 0 Å². The van der Waals surface area contributed by atoms with E-state index in [9.17, 15) is 0 Å². The first kappa shape index (κ1) is 11.3. The van der Waals surface area contributed by atoms with E-state index in [0.717, 1.165) is 18.5 Å². The Labute approximate surface area is 102 Å². The van der Waals surface area contributed by atoms with Crippen molar-refractivity contribution in [3.05, 3.63) is 29.8 Å². The van der Waals surface area contributed by atoms with Crippen LogP contribution in [0, 0.1) is 5.92 Å². The predicted octanol–water partition coefficient (Wildman–Crippen LogP) is 0.351. The Balaban J connectivity index is 1.65. The molecule has 0 radical (unpaired) electrons. The van der Waals surface area contributed by atoms with Crippen molar-refractivity contribution >= 4 is 12.6 Å². The molecule has 1 aliphatic carbocycles. The second-order valence-corrected chi connectivity index (χ2v) is 5.38. The van der Waals surface area contributed by atoms with Crippen LogP contribution in [-0.2, 0) is 6.54 Å². The molecule has 0 spiro atoms. The van der Waals surface area contributed by atoms with Gasteiger partial charge in [0, 0.05) is 19.1 Å². The Kier molecular flexibility index (Phi) is 2.95. The van der Waals surface area contributed by atoms with Gasteiger partial charge in [0.1, 0.15) is 0 Å². The number of hydrogen-bond acceptors (Lipinski definition) is 3. The van der Waals surface area contributed by atoms with E-state index >= 15 is 0 Å².